The molecule has 0 aliphatic rings. The van der Waals surface area contributed by atoms with Gasteiger partial charge in [-0.15, -0.1) is 0 Å². The predicted octanol–water partition coefficient (Wildman–Crippen LogP) is 2.46. The minimum absolute atomic E-state index is 0.267. The van der Waals surface area contributed by atoms with Gasteiger partial charge in [-0.25, -0.2) is 4.79 Å². The second-order valence-corrected chi connectivity index (χ2v) is 3.70. The largest absolute Gasteiger partial charge is 0.463 e. The molecule has 0 aliphatic carbocycles. The fourth-order valence-corrected chi connectivity index (χ4v) is 1.45. The van der Waals surface area contributed by atoms with Crippen molar-refractivity contribution in [3.8, 4) is 0 Å². The molecule has 92 valence electrons. The predicted molar refractivity (Wildman–Crippen MR) is 68.6 cm³/mol. The maximum Gasteiger partial charge on any atom is 0.330 e. The van der Waals surface area contributed by atoms with Crippen molar-refractivity contribution in [2.24, 2.45) is 0 Å². The van der Waals surface area contributed by atoms with E-state index < -0.39 is 0 Å². The van der Waals surface area contributed by atoms with E-state index in [1.54, 1.807) is 13.0 Å². The van der Waals surface area contributed by atoms with Crippen molar-refractivity contribution in [1.82, 2.24) is 5.32 Å². The van der Waals surface area contributed by atoms with Crippen molar-refractivity contribution in [3.63, 3.8) is 0 Å². The maximum atomic E-state index is 11.0. The fraction of sp³-hybridized carbons (Fsp3) is 0.357. The van der Waals surface area contributed by atoms with Crippen LogP contribution >= 0.6 is 0 Å². The van der Waals surface area contributed by atoms with Crippen molar-refractivity contribution in [1.29, 1.82) is 0 Å². The lowest BCUT2D eigenvalue weighted by atomic mass is 10.1. The van der Waals surface area contributed by atoms with E-state index in [1.807, 2.05) is 18.2 Å². The molecule has 0 saturated carbocycles. The van der Waals surface area contributed by atoms with E-state index in [0.717, 1.165) is 0 Å². The van der Waals surface area contributed by atoms with Crippen LogP contribution in [-0.2, 0) is 9.53 Å². The molecule has 17 heavy (non-hydrogen) atoms. The molecule has 0 aromatic heterocycles. The summed E-state index contributed by atoms with van der Waals surface area (Å²) in [6, 6.07) is 10.4. The summed E-state index contributed by atoms with van der Waals surface area (Å²) in [6.45, 7) is 4.95. The highest BCUT2D eigenvalue weighted by molar-refractivity contribution is 5.81. The second-order valence-electron chi connectivity index (χ2n) is 3.70. The third kappa shape index (κ3) is 5.31. The molecular weight excluding hydrogens is 214 g/mol. The lowest BCUT2D eigenvalue weighted by Gasteiger charge is -2.12. The molecule has 0 amide bonds. The SMILES string of the molecule is CCOC(=O)/C=C\CN[C@H](C)c1ccccc1. The third-order valence-electron chi connectivity index (χ3n) is 2.38. The number of hydrogen-bond acceptors (Lipinski definition) is 3. The van der Waals surface area contributed by atoms with Crippen LogP contribution in [0.1, 0.15) is 25.5 Å². The van der Waals surface area contributed by atoms with Gasteiger partial charge >= 0.3 is 5.97 Å². The van der Waals surface area contributed by atoms with Gasteiger partial charge in [0.05, 0.1) is 6.61 Å². The van der Waals surface area contributed by atoms with Gasteiger partial charge in [0.2, 0.25) is 0 Å². The van der Waals surface area contributed by atoms with E-state index in [4.69, 9.17) is 4.74 Å². The van der Waals surface area contributed by atoms with Gasteiger partial charge in [-0.1, -0.05) is 36.4 Å². The molecule has 1 aromatic rings. The quantitative estimate of drug-likeness (QED) is 0.606. The Morgan fingerprint density at radius 2 is 2.12 bits per heavy atom. The maximum absolute atomic E-state index is 11.0. The molecule has 1 N–H and O–H groups in total. The average molecular weight is 233 g/mol. The Labute approximate surface area is 102 Å². The van der Waals surface area contributed by atoms with E-state index in [2.05, 4.69) is 24.4 Å². The normalized spacial score (nSPS) is 12.6. The molecule has 0 bridgehead atoms. The zero-order valence-electron chi connectivity index (χ0n) is 10.3. The highest BCUT2D eigenvalue weighted by Gasteiger charge is 2.01. The van der Waals surface area contributed by atoms with Crippen LogP contribution in [0.15, 0.2) is 42.5 Å². The van der Waals surface area contributed by atoms with Gasteiger partial charge in [-0.2, -0.15) is 0 Å². The summed E-state index contributed by atoms with van der Waals surface area (Å²) in [5, 5.41) is 3.30. The Balaban J connectivity index is 2.29. The van der Waals surface area contributed by atoms with Gasteiger partial charge in [0.1, 0.15) is 0 Å². The monoisotopic (exact) mass is 233 g/mol. The summed E-state index contributed by atoms with van der Waals surface area (Å²) in [5.41, 5.74) is 1.23. The Morgan fingerprint density at radius 1 is 1.41 bits per heavy atom. The smallest absolute Gasteiger partial charge is 0.330 e. The third-order valence-corrected chi connectivity index (χ3v) is 2.38. The number of ether oxygens (including phenoxy) is 1. The van der Waals surface area contributed by atoms with Crippen molar-refractivity contribution < 1.29 is 9.53 Å². The van der Waals surface area contributed by atoms with E-state index >= 15 is 0 Å². The Bertz CT molecular complexity index is 360. The lowest BCUT2D eigenvalue weighted by Crippen LogP contribution is -2.18. The van der Waals surface area contributed by atoms with Gasteiger partial charge in [0, 0.05) is 18.7 Å². The highest BCUT2D eigenvalue weighted by atomic mass is 16.5. The zero-order chi connectivity index (χ0) is 12.5. The van der Waals surface area contributed by atoms with Crippen LogP contribution in [0.25, 0.3) is 0 Å². The lowest BCUT2D eigenvalue weighted by molar-refractivity contribution is -0.137. The number of nitrogens with one attached hydrogen (secondary N) is 1. The Kier molecular flexibility index (Phi) is 6.04. The van der Waals surface area contributed by atoms with Gasteiger partial charge in [-0.05, 0) is 19.4 Å². The minimum Gasteiger partial charge on any atom is -0.463 e. The molecule has 0 spiro atoms. The van der Waals surface area contributed by atoms with Crippen LogP contribution in [0, 0.1) is 0 Å². The molecule has 3 heteroatoms. The zero-order valence-corrected chi connectivity index (χ0v) is 10.3. The average Bonchev–Trinajstić information content (AvgIpc) is 2.36. The summed E-state index contributed by atoms with van der Waals surface area (Å²) >= 11 is 0. The number of benzene rings is 1. The van der Waals surface area contributed by atoms with E-state index in [0.29, 0.717) is 13.2 Å². The van der Waals surface area contributed by atoms with Crippen LogP contribution in [0.4, 0.5) is 0 Å². The first kappa shape index (κ1) is 13.5. The van der Waals surface area contributed by atoms with Gasteiger partial charge in [-0.3, -0.25) is 0 Å². The summed E-state index contributed by atoms with van der Waals surface area (Å²) < 4.78 is 4.78. The van der Waals surface area contributed by atoms with Gasteiger partial charge in [0.25, 0.3) is 0 Å². The van der Waals surface area contributed by atoms with E-state index in [1.165, 1.54) is 11.6 Å². The first-order valence-electron chi connectivity index (χ1n) is 5.85. The standard InChI is InChI=1S/C14H19NO2/c1-3-17-14(16)10-7-11-15-12(2)13-8-5-4-6-9-13/h4-10,12,15H,3,11H2,1-2H3/b10-7-/t12-/m1/s1. The fourth-order valence-electron chi connectivity index (χ4n) is 1.45. The first-order valence-corrected chi connectivity index (χ1v) is 5.85. The minimum atomic E-state index is -0.290. The molecule has 0 saturated heterocycles. The van der Waals surface area contributed by atoms with Crippen LogP contribution in [0.2, 0.25) is 0 Å². The van der Waals surface area contributed by atoms with Crippen LogP contribution < -0.4 is 5.32 Å². The molecule has 1 aromatic carbocycles. The van der Waals surface area contributed by atoms with E-state index in [9.17, 15) is 4.79 Å². The molecule has 3 nitrogen and oxygen atoms in total. The highest BCUT2D eigenvalue weighted by Crippen LogP contribution is 2.10. The molecule has 0 heterocycles. The molecule has 0 unspecified atom stereocenters. The molecule has 0 aliphatic heterocycles. The molecule has 0 fully saturated rings. The molecular formula is C14H19NO2. The number of hydrogen-bond donors (Lipinski definition) is 1. The molecule has 1 atom stereocenters. The summed E-state index contributed by atoms with van der Waals surface area (Å²) in [7, 11) is 0. The Morgan fingerprint density at radius 3 is 2.76 bits per heavy atom. The van der Waals surface area contributed by atoms with Crippen molar-refractivity contribution >= 4 is 5.97 Å². The molecule has 1 rings (SSSR count). The number of rotatable bonds is 6. The number of carbonyl (C=O) groups excluding carboxylic acids is 1. The van der Waals surface area contributed by atoms with Gasteiger partial charge in [0.15, 0.2) is 0 Å². The summed E-state index contributed by atoms with van der Waals surface area (Å²) in [4.78, 5) is 11.0. The van der Waals surface area contributed by atoms with Crippen molar-refractivity contribution in [2.45, 2.75) is 19.9 Å². The van der Waals surface area contributed by atoms with Gasteiger partial charge < -0.3 is 10.1 Å². The number of carbonyl (C=O) groups is 1. The number of esters is 1. The summed E-state index contributed by atoms with van der Waals surface area (Å²) in [5.74, 6) is -0.290. The topological polar surface area (TPSA) is 38.3 Å². The van der Waals surface area contributed by atoms with Crippen molar-refractivity contribution in [2.75, 3.05) is 13.2 Å². The van der Waals surface area contributed by atoms with E-state index in [-0.39, 0.29) is 12.0 Å². The first-order chi connectivity index (χ1) is 8.24. The van der Waals surface area contributed by atoms with Crippen LogP contribution in [0.3, 0.4) is 0 Å². The molecule has 0 radical (unpaired) electrons. The van der Waals surface area contributed by atoms with Crippen molar-refractivity contribution in [3.05, 3.63) is 48.0 Å². The summed E-state index contributed by atoms with van der Waals surface area (Å²) in [6.07, 6.45) is 3.23. The van der Waals surface area contributed by atoms with Crippen LogP contribution in [0.5, 0.6) is 0 Å². The second kappa shape index (κ2) is 7.63. The van der Waals surface area contributed by atoms with Crippen LogP contribution in [-0.4, -0.2) is 19.1 Å². The Hall–Kier alpha value is -1.61.